The van der Waals surface area contributed by atoms with Gasteiger partial charge >= 0.3 is 0 Å². The van der Waals surface area contributed by atoms with Gasteiger partial charge in [0.1, 0.15) is 0 Å². The lowest BCUT2D eigenvalue weighted by Gasteiger charge is -2.34. The van der Waals surface area contributed by atoms with Crippen LogP contribution >= 0.6 is 0 Å². The molecule has 0 unspecified atom stereocenters. The fraction of sp³-hybridized carbons (Fsp3) is 0.471. The van der Waals surface area contributed by atoms with E-state index in [4.69, 9.17) is 5.73 Å². The molecular weight excluding hydrogens is 246 g/mol. The van der Waals surface area contributed by atoms with Crippen LogP contribution in [0.25, 0.3) is 10.9 Å². The molecule has 1 aliphatic heterocycles. The first-order chi connectivity index (χ1) is 9.67. The maximum Gasteiger partial charge on any atom is 0.0727 e. The molecule has 20 heavy (non-hydrogen) atoms. The van der Waals surface area contributed by atoms with E-state index < -0.39 is 0 Å². The topological polar surface area (TPSA) is 42.2 Å². The van der Waals surface area contributed by atoms with Crippen molar-refractivity contribution in [2.45, 2.75) is 33.1 Å². The van der Waals surface area contributed by atoms with Crippen molar-refractivity contribution in [2.75, 3.05) is 23.7 Å². The van der Waals surface area contributed by atoms with Gasteiger partial charge in [0.05, 0.1) is 5.52 Å². The summed E-state index contributed by atoms with van der Waals surface area (Å²) in [6.07, 6.45) is 3.89. The second-order valence-electron chi connectivity index (χ2n) is 5.90. The van der Waals surface area contributed by atoms with Crippen LogP contribution < -0.4 is 10.6 Å². The number of nitrogen functional groups attached to an aromatic ring is 1. The Labute approximate surface area is 120 Å². The van der Waals surface area contributed by atoms with Crippen LogP contribution in [0.3, 0.4) is 0 Å². The lowest BCUT2D eigenvalue weighted by atomic mass is 9.94. The first-order valence-electron chi connectivity index (χ1n) is 7.59. The van der Waals surface area contributed by atoms with Gasteiger partial charge < -0.3 is 10.6 Å². The lowest BCUT2D eigenvalue weighted by molar-refractivity contribution is 0.395. The molecule has 1 aromatic carbocycles. The summed E-state index contributed by atoms with van der Waals surface area (Å²) >= 11 is 0. The van der Waals surface area contributed by atoms with E-state index in [1.165, 1.54) is 30.3 Å². The molecule has 1 saturated heterocycles. The number of nitrogens with two attached hydrogens (primary N) is 1. The average Bonchev–Trinajstić information content (AvgIpc) is 2.47. The number of aromatic nitrogens is 1. The molecule has 0 amide bonds. The molecule has 0 radical (unpaired) electrons. The van der Waals surface area contributed by atoms with Gasteiger partial charge in [-0.05, 0) is 49.9 Å². The van der Waals surface area contributed by atoms with Crippen molar-refractivity contribution < 1.29 is 0 Å². The highest BCUT2D eigenvalue weighted by molar-refractivity contribution is 5.94. The maximum absolute atomic E-state index is 5.96. The van der Waals surface area contributed by atoms with E-state index in [9.17, 15) is 0 Å². The number of nitrogens with zero attached hydrogens (tertiary/aromatic N) is 2. The quantitative estimate of drug-likeness (QED) is 0.844. The molecule has 0 spiro atoms. The van der Waals surface area contributed by atoms with Gasteiger partial charge in [-0.2, -0.15) is 0 Å². The Morgan fingerprint density at radius 3 is 2.70 bits per heavy atom. The molecule has 2 N–H and O–H groups in total. The number of anilines is 2. The minimum Gasteiger partial charge on any atom is -0.399 e. The summed E-state index contributed by atoms with van der Waals surface area (Å²) in [6, 6.07) is 8.22. The van der Waals surface area contributed by atoms with E-state index in [0.717, 1.165) is 35.9 Å². The number of fused-ring (bicyclic) bond motifs is 1. The zero-order valence-electron chi connectivity index (χ0n) is 12.4. The predicted molar refractivity (Wildman–Crippen MR) is 86.1 cm³/mol. The Bertz CT molecular complexity index is 613. The fourth-order valence-corrected chi connectivity index (χ4v) is 3.20. The molecule has 3 nitrogen and oxygen atoms in total. The number of hydrogen-bond donors (Lipinski definition) is 1. The third-order valence-electron chi connectivity index (χ3n) is 4.47. The van der Waals surface area contributed by atoms with Crippen LogP contribution in [0.2, 0.25) is 0 Å². The fourth-order valence-electron chi connectivity index (χ4n) is 3.20. The Hall–Kier alpha value is -1.77. The molecule has 2 heterocycles. The molecular formula is C17H23N3. The van der Waals surface area contributed by atoms with Gasteiger partial charge in [0.15, 0.2) is 0 Å². The minimum absolute atomic E-state index is 0.813. The van der Waals surface area contributed by atoms with Crippen molar-refractivity contribution in [3.63, 3.8) is 0 Å². The Morgan fingerprint density at radius 1 is 1.25 bits per heavy atom. The molecule has 3 rings (SSSR count). The van der Waals surface area contributed by atoms with Gasteiger partial charge in [-0.25, -0.2) is 0 Å². The van der Waals surface area contributed by atoms with Crippen LogP contribution in [0, 0.1) is 12.8 Å². The third kappa shape index (κ3) is 2.45. The molecule has 0 aliphatic carbocycles. The molecule has 1 aromatic heterocycles. The van der Waals surface area contributed by atoms with E-state index in [-0.39, 0.29) is 0 Å². The number of benzene rings is 1. The van der Waals surface area contributed by atoms with Gasteiger partial charge in [-0.15, -0.1) is 0 Å². The third-order valence-corrected chi connectivity index (χ3v) is 4.47. The highest BCUT2D eigenvalue weighted by atomic mass is 15.1. The van der Waals surface area contributed by atoms with Crippen molar-refractivity contribution in [3.8, 4) is 0 Å². The number of piperidine rings is 1. The van der Waals surface area contributed by atoms with Crippen molar-refractivity contribution in [1.29, 1.82) is 0 Å². The molecule has 1 aliphatic rings. The first-order valence-corrected chi connectivity index (χ1v) is 7.59. The van der Waals surface area contributed by atoms with Gasteiger partial charge in [0.2, 0.25) is 0 Å². The second kappa shape index (κ2) is 5.31. The van der Waals surface area contributed by atoms with E-state index >= 15 is 0 Å². The molecule has 106 valence electrons. The minimum atomic E-state index is 0.813. The number of rotatable bonds is 2. The summed E-state index contributed by atoms with van der Waals surface area (Å²) in [7, 11) is 0. The summed E-state index contributed by atoms with van der Waals surface area (Å²) in [5, 5.41) is 1.19. The number of hydrogen-bond acceptors (Lipinski definition) is 3. The summed E-state index contributed by atoms with van der Waals surface area (Å²) in [4.78, 5) is 7.12. The molecule has 1 fully saturated rings. The van der Waals surface area contributed by atoms with E-state index in [1.807, 2.05) is 12.1 Å². The molecule has 0 saturated carbocycles. The number of pyridine rings is 1. The Morgan fingerprint density at radius 2 is 2.00 bits per heavy atom. The van der Waals surface area contributed by atoms with Crippen molar-refractivity contribution in [2.24, 2.45) is 5.92 Å². The normalized spacial score (nSPS) is 16.8. The molecule has 2 aromatic rings. The monoisotopic (exact) mass is 269 g/mol. The van der Waals surface area contributed by atoms with Crippen LogP contribution in [0.4, 0.5) is 11.4 Å². The van der Waals surface area contributed by atoms with Crippen LogP contribution in [0.5, 0.6) is 0 Å². The molecule has 0 atom stereocenters. The van der Waals surface area contributed by atoms with E-state index in [0.29, 0.717) is 0 Å². The highest BCUT2D eigenvalue weighted by Gasteiger charge is 2.20. The first kappa shape index (κ1) is 13.2. The molecule has 0 bridgehead atoms. The SMILES string of the molecule is CCC1CCN(c2cc(C)nc3ccc(N)cc23)CC1. The van der Waals surface area contributed by atoms with Crippen LogP contribution in [0.1, 0.15) is 31.9 Å². The van der Waals surface area contributed by atoms with Gasteiger partial charge in [-0.3, -0.25) is 4.98 Å². The van der Waals surface area contributed by atoms with Crippen molar-refractivity contribution in [3.05, 3.63) is 30.0 Å². The van der Waals surface area contributed by atoms with Gasteiger partial charge in [-0.1, -0.05) is 13.3 Å². The predicted octanol–water partition coefficient (Wildman–Crippen LogP) is 3.75. The summed E-state index contributed by atoms with van der Waals surface area (Å²) < 4.78 is 0. The number of aryl methyl sites for hydroxylation is 1. The van der Waals surface area contributed by atoms with Crippen LogP contribution in [0.15, 0.2) is 24.3 Å². The largest absolute Gasteiger partial charge is 0.399 e. The van der Waals surface area contributed by atoms with Gasteiger partial charge in [0, 0.05) is 35.5 Å². The standard InChI is InChI=1S/C17H23N3/c1-3-13-6-8-20(9-7-13)17-10-12(2)19-16-5-4-14(18)11-15(16)17/h4-5,10-11,13H,3,6-9,18H2,1-2H3. The maximum atomic E-state index is 5.96. The van der Waals surface area contributed by atoms with Crippen molar-refractivity contribution in [1.82, 2.24) is 4.98 Å². The smallest absolute Gasteiger partial charge is 0.0727 e. The second-order valence-corrected chi connectivity index (χ2v) is 5.90. The van der Waals surface area contributed by atoms with E-state index in [2.05, 4.69) is 35.9 Å². The zero-order valence-corrected chi connectivity index (χ0v) is 12.4. The lowest BCUT2D eigenvalue weighted by Crippen LogP contribution is -2.33. The van der Waals surface area contributed by atoms with E-state index in [1.54, 1.807) is 0 Å². The van der Waals surface area contributed by atoms with Crippen molar-refractivity contribution >= 4 is 22.3 Å². The average molecular weight is 269 g/mol. The van der Waals surface area contributed by atoms with Crippen LogP contribution in [-0.4, -0.2) is 18.1 Å². The van der Waals surface area contributed by atoms with Gasteiger partial charge in [0.25, 0.3) is 0 Å². The zero-order chi connectivity index (χ0) is 14.1. The Balaban J connectivity index is 2.00. The highest BCUT2D eigenvalue weighted by Crippen LogP contribution is 2.32. The summed E-state index contributed by atoms with van der Waals surface area (Å²) in [6.45, 7) is 6.66. The molecule has 3 heteroatoms. The Kier molecular flexibility index (Phi) is 3.51. The van der Waals surface area contributed by atoms with Crippen LogP contribution in [-0.2, 0) is 0 Å². The summed E-state index contributed by atoms with van der Waals surface area (Å²) in [5.74, 6) is 0.894. The summed E-state index contributed by atoms with van der Waals surface area (Å²) in [5.41, 5.74) is 10.2.